The smallest absolute Gasteiger partial charge is 0.327 e. The van der Waals surface area contributed by atoms with Gasteiger partial charge < -0.3 is 37.2 Å². The summed E-state index contributed by atoms with van der Waals surface area (Å²) in [5.74, 6) is -4.02. The van der Waals surface area contributed by atoms with Gasteiger partial charge in [0.2, 0.25) is 23.6 Å². The highest BCUT2D eigenvalue weighted by Crippen LogP contribution is 2.20. The van der Waals surface area contributed by atoms with Gasteiger partial charge in [-0.1, -0.05) is 42.5 Å². The number of carboxylic acid groups (broad SMARTS) is 1. The van der Waals surface area contributed by atoms with Crippen molar-refractivity contribution in [1.29, 1.82) is 0 Å². The van der Waals surface area contributed by atoms with Crippen LogP contribution in [0.25, 0.3) is 0 Å². The molecule has 2 aromatic rings. The summed E-state index contributed by atoms with van der Waals surface area (Å²) in [6.07, 6.45) is 0.184. The Labute approximate surface area is 274 Å². The predicted octanol–water partition coefficient (Wildman–Crippen LogP) is 0.965. The minimum Gasteiger partial charge on any atom is -0.508 e. The number of rotatable bonds is 15. The van der Waals surface area contributed by atoms with Crippen LogP contribution in [0.2, 0.25) is 0 Å². The van der Waals surface area contributed by atoms with E-state index in [9.17, 15) is 34.2 Å². The molecule has 0 spiro atoms. The number of phenolic OH excluding ortho intramolecular Hbond substituents is 1. The van der Waals surface area contributed by atoms with Gasteiger partial charge in [-0.15, -0.1) is 0 Å². The fourth-order valence-electron chi connectivity index (χ4n) is 4.29. The van der Waals surface area contributed by atoms with E-state index in [1.165, 1.54) is 32.9 Å². The maximum atomic E-state index is 13.3. The standard InChI is InChI=1S/C31H43N5O7S2/c1-17(33-28(41)23(30(2,3)44)35-26(39)21(32)15-19-11-13-20(37)14-12-19)25(38)34-22(16-18-9-7-6-8-10-18)27(40)36-24(29(42)43)31(4,5)45/h6-14,17,21-24,37,44-45H,15-16,32H2,1-5H3,(H,33,41)(H,34,38)(H,35,39)(H,36,40)(H,42,43)/t17-,21+,22+,23+,24+/m1/s1. The Morgan fingerprint density at radius 3 is 1.73 bits per heavy atom. The number of nitrogens with one attached hydrogen (secondary N) is 4. The molecule has 0 aliphatic carbocycles. The topological polar surface area (TPSA) is 200 Å². The second-order valence-corrected chi connectivity index (χ2v) is 14.3. The molecule has 2 rings (SSSR count). The van der Waals surface area contributed by atoms with Gasteiger partial charge in [0.05, 0.1) is 6.04 Å². The van der Waals surface area contributed by atoms with Crippen molar-refractivity contribution >= 4 is 54.9 Å². The van der Waals surface area contributed by atoms with Crippen LogP contribution in [0, 0.1) is 0 Å². The van der Waals surface area contributed by atoms with E-state index in [4.69, 9.17) is 5.73 Å². The van der Waals surface area contributed by atoms with E-state index in [-0.39, 0.29) is 18.6 Å². The quantitative estimate of drug-likeness (QED) is 0.126. The molecule has 14 heteroatoms. The van der Waals surface area contributed by atoms with Crippen LogP contribution in [0.3, 0.4) is 0 Å². The number of nitrogens with two attached hydrogens (primary N) is 1. The number of hydrogen-bond acceptors (Lipinski definition) is 9. The van der Waals surface area contributed by atoms with Crippen LogP contribution in [0.15, 0.2) is 54.6 Å². The Hall–Kier alpha value is -3.75. The van der Waals surface area contributed by atoms with E-state index in [0.717, 1.165) is 0 Å². The zero-order chi connectivity index (χ0) is 34.1. The first-order valence-corrected chi connectivity index (χ1v) is 15.2. The summed E-state index contributed by atoms with van der Waals surface area (Å²) in [7, 11) is 0. The fraction of sp³-hybridized carbons (Fsp3) is 0.452. The summed E-state index contributed by atoms with van der Waals surface area (Å²) in [4.78, 5) is 64.6. The van der Waals surface area contributed by atoms with Gasteiger partial charge in [-0.25, -0.2) is 4.79 Å². The lowest BCUT2D eigenvalue weighted by Crippen LogP contribution is -2.62. The van der Waals surface area contributed by atoms with Crippen LogP contribution in [0.1, 0.15) is 45.7 Å². The number of carboxylic acids is 1. The lowest BCUT2D eigenvalue weighted by Gasteiger charge is -2.32. The maximum absolute atomic E-state index is 13.3. The summed E-state index contributed by atoms with van der Waals surface area (Å²) in [5.41, 5.74) is 7.49. The molecule has 8 N–H and O–H groups in total. The zero-order valence-electron chi connectivity index (χ0n) is 25.9. The molecule has 246 valence electrons. The molecule has 0 saturated heterocycles. The van der Waals surface area contributed by atoms with E-state index in [2.05, 4.69) is 46.5 Å². The summed E-state index contributed by atoms with van der Waals surface area (Å²) >= 11 is 8.77. The van der Waals surface area contributed by atoms with Crippen molar-refractivity contribution in [1.82, 2.24) is 21.3 Å². The predicted molar refractivity (Wildman–Crippen MR) is 177 cm³/mol. The van der Waals surface area contributed by atoms with E-state index in [1.807, 2.05) is 0 Å². The van der Waals surface area contributed by atoms with E-state index in [0.29, 0.717) is 11.1 Å². The van der Waals surface area contributed by atoms with Crippen LogP contribution in [0.4, 0.5) is 0 Å². The van der Waals surface area contributed by atoms with Crippen LogP contribution < -0.4 is 27.0 Å². The summed E-state index contributed by atoms with van der Waals surface area (Å²) < 4.78 is -2.19. The molecule has 45 heavy (non-hydrogen) atoms. The minimum absolute atomic E-state index is 0.0414. The molecular formula is C31H43N5O7S2. The highest BCUT2D eigenvalue weighted by molar-refractivity contribution is 7.82. The van der Waals surface area contributed by atoms with Gasteiger partial charge in [-0.2, -0.15) is 25.3 Å². The second kappa shape index (κ2) is 16.0. The number of benzene rings is 2. The van der Waals surface area contributed by atoms with Gasteiger partial charge >= 0.3 is 5.97 Å². The Morgan fingerprint density at radius 1 is 0.711 bits per heavy atom. The van der Waals surface area contributed by atoms with E-state index < -0.39 is 69.3 Å². The molecule has 0 radical (unpaired) electrons. The average molecular weight is 662 g/mol. The largest absolute Gasteiger partial charge is 0.508 e. The molecule has 0 aromatic heterocycles. The third-order valence-electron chi connectivity index (χ3n) is 6.89. The molecule has 5 atom stereocenters. The number of hydrogen-bond donors (Lipinski definition) is 9. The number of aromatic hydroxyl groups is 1. The molecule has 12 nitrogen and oxygen atoms in total. The summed E-state index contributed by atoms with van der Waals surface area (Å²) in [6.45, 7) is 7.70. The first-order valence-electron chi connectivity index (χ1n) is 14.3. The molecule has 0 bridgehead atoms. The first-order chi connectivity index (χ1) is 20.8. The highest BCUT2D eigenvalue weighted by atomic mass is 32.1. The first kappa shape index (κ1) is 37.4. The summed E-state index contributed by atoms with van der Waals surface area (Å²) in [5, 5.41) is 29.3. The average Bonchev–Trinajstić information content (AvgIpc) is 2.94. The number of carbonyl (C=O) groups is 5. The van der Waals surface area contributed by atoms with Gasteiger partial charge in [0.25, 0.3) is 0 Å². The Bertz CT molecular complexity index is 1340. The Morgan fingerprint density at radius 2 is 1.22 bits per heavy atom. The van der Waals surface area contributed by atoms with Crippen LogP contribution in [-0.2, 0) is 36.8 Å². The van der Waals surface area contributed by atoms with Crippen molar-refractivity contribution in [3.8, 4) is 5.75 Å². The Balaban J connectivity index is 2.16. The van der Waals surface area contributed by atoms with Crippen LogP contribution in [0.5, 0.6) is 5.75 Å². The van der Waals surface area contributed by atoms with Gasteiger partial charge in [-0.05, 0) is 64.3 Å². The minimum atomic E-state index is -1.36. The third kappa shape index (κ3) is 11.9. The van der Waals surface area contributed by atoms with Crippen molar-refractivity contribution in [3.05, 3.63) is 65.7 Å². The van der Waals surface area contributed by atoms with Crippen molar-refractivity contribution < 1.29 is 34.2 Å². The zero-order valence-corrected chi connectivity index (χ0v) is 27.7. The van der Waals surface area contributed by atoms with Gasteiger partial charge in [0, 0.05) is 15.9 Å². The van der Waals surface area contributed by atoms with Crippen LogP contribution in [-0.4, -0.2) is 79.5 Å². The molecule has 0 saturated carbocycles. The fourth-order valence-corrected chi connectivity index (χ4v) is 4.65. The van der Waals surface area contributed by atoms with Crippen molar-refractivity contribution in [2.45, 2.75) is 87.2 Å². The Kier molecular flexibility index (Phi) is 13.3. The lowest BCUT2D eigenvalue weighted by atomic mass is 9.99. The van der Waals surface area contributed by atoms with Gasteiger partial charge in [0.1, 0.15) is 29.9 Å². The number of thiol groups is 2. The SMILES string of the molecule is C[C@@H](NC(=O)[C@H](NC(=O)[C@@H](N)Cc1ccc(O)cc1)C(C)(C)S)C(=O)N[C@@H](Cc1ccccc1)C(=O)N[C@@H](C(=O)O)C(C)(C)S. The normalized spacial score (nSPS) is 15.0. The molecule has 0 aliphatic rings. The number of aliphatic carboxylic acids is 1. The lowest BCUT2D eigenvalue weighted by molar-refractivity contribution is -0.143. The third-order valence-corrected chi connectivity index (χ3v) is 7.41. The number of carbonyl (C=O) groups excluding carboxylic acids is 4. The van der Waals surface area contributed by atoms with Crippen molar-refractivity contribution in [2.75, 3.05) is 0 Å². The summed E-state index contributed by atoms with van der Waals surface area (Å²) in [6, 6.07) is 9.08. The molecule has 0 unspecified atom stereocenters. The molecule has 0 fully saturated rings. The number of phenols is 1. The molecule has 0 heterocycles. The molecule has 2 aromatic carbocycles. The molecule has 0 aliphatic heterocycles. The molecular weight excluding hydrogens is 619 g/mol. The van der Waals surface area contributed by atoms with Crippen LogP contribution >= 0.6 is 25.3 Å². The van der Waals surface area contributed by atoms with Gasteiger partial charge in [0.15, 0.2) is 0 Å². The van der Waals surface area contributed by atoms with E-state index >= 15 is 0 Å². The van der Waals surface area contributed by atoms with E-state index in [1.54, 1.807) is 56.3 Å². The molecule has 4 amide bonds. The monoisotopic (exact) mass is 661 g/mol. The second-order valence-electron chi connectivity index (χ2n) is 12.0. The maximum Gasteiger partial charge on any atom is 0.327 e. The number of amides is 4. The van der Waals surface area contributed by atoms with Crippen molar-refractivity contribution in [2.24, 2.45) is 5.73 Å². The highest BCUT2D eigenvalue weighted by Gasteiger charge is 2.38. The van der Waals surface area contributed by atoms with Crippen molar-refractivity contribution in [3.63, 3.8) is 0 Å². The van der Waals surface area contributed by atoms with Gasteiger partial charge in [-0.3, -0.25) is 19.2 Å².